The molecule has 0 radical (unpaired) electrons. The molecule has 1 saturated carbocycles. The summed E-state index contributed by atoms with van der Waals surface area (Å²) in [4.78, 5) is 20.1. The monoisotopic (exact) mass is 400 g/mol. The first-order chi connectivity index (χ1) is 13.1. The van der Waals surface area contributed by atoms with Crippen LogP contribution in [0.25, 0.3) is 0 Å². The van der Waals surface area contributed by atoms with Crippen molar-refractivity contribution in [3.63, 3.8) is 0 Å². The van der Waals surface area contributed by atoms with Gasteiger partial charge < -0.3 is 10.2 Å². The van der Waals surface area contributed by atoms with Crippen LogP contribution in [0.2, 0.25) is 0 Å². The number of nitrogens with zero attached hydrogens (tertiary/aromatic N) is 2. The minimum absolute atomic E-state index is 0.0563. The summed E-state index contributed by atoms with van der Waals surface area (Å²) >= 11 is 5.83. The fraction of sp³-hybridized carbons (Fsp3) is 0.450. The van der Waals surface area contributed by atoms with Crippen LogP contribution in [0.4, 0.5) is 5.13 Å². The maximum atomic E-state index is 13.1. The standard InChI is InChI=1S/C20H24N4OS2/c21-18-16-11-15(26)7-6-14(16)12-24(18)17(10-13-4-2-1-3-5-13)19(25)23-20-22-8-9-27-20/h6-9,11,13,17,21,26H,1-5,10,12H2,(H,22,23,25). The third kappa shape index (κ3) is 4.04. The van der Waals surface area contributed by atoms with E-state index < -0.39 is 0 Å². The number of amides is 1. The Morgan fingerprint density at radius 2 is 2.19 bits per heavy atom. The molecule has 2 N–H and O–H groups in total. The molecular weight excluding hydrogens is 376 g/mol. The molecule has 1 amide bonds. The van der Waals surface area contributed by atoms with Gasteiger partial charge >= 0.3 is 0 Å². The van der Waals surface area contributed by atoms with Crippen molar-refractivity contribution < 1.29 is 4.79 Å². The van der Waals surface area contributed by atoms with Crippen molar-refractivity contribution in [2.75, 3.05) is 5.32 Å². The van der Waals surface area contributed by atoms with E-state index in [2.05, 4.69) is 22.9 Å². The Balaban J connectivity index is 1.57. The van der Waals surface area contributed by atoms with Crippen LogP contribution in [0, 0.1) is 11.3 Å². The molecule has 4 rings (SSSR count). The highest BCUT2D eigenvalue weighted by atomic mass is 32.1. The predicted molar refractivity (Wildman–Crippen MR) is 112 cm³/mol. The van der Waals surface area contributed by atoms with Gasteiger partial charge in [0, 0.05) is 28.6 Å². The van der Waals surface area contributed by atoms with Crippen LogP contribution in [-0.2, 0) is 11.3 Å². The summed E-state index contributed by atoms with van der Waals surface area (Å²) in [6, 6.07) is 5.55. The predicted octanol–water partition coefficient (Wildman–Crippen LogP) is 4.55. The Hall–Kier alpha value is -1.86. The minimum Gasteiger partial charge on any atom is -0.340 e. The SMILES string of the molecule is N=C1c2cc(S)ccc2CN1C(CC1CCCCC1)C(=O)Nc1nccs1. The third-order valence-electron chi connectivity index (χ3n) is 5.60. The topological polar surface area (TPSA) is 69.1 Å². The number of amidine groups is 1. The van der Waals surface area contributed by atoms with Gasteiger partial charge in [0.05, 0.1) is 0 Å². The van der Waals surface area contributed by atoms with Crippen LogP contribution in [-0.4, -0.2) is 27.7 Å². The van der Waals surface area contributed by atoms with Crippen molar-refractivity contribution in [3.8, 4) is 0 Å². The first-order valence-corrected chi connectivity index (χ1v) is 10.8. The number of carbonyl (C=O) groups is 1. The molecule has 1 aliphatic heterocycles. The van der Waals surface area contributed by atoms with Gasteiger partial charge in [-0.3, -0.25) is 10.2 Å². The van der Waals surface area contributed by atoms with Gasteiger partial charge in [0.1, 0.15) is 11.9 Å². The molecule has 1 unspecified atom stereocenters. The van der Waals surface area contributed by atoms with Gasteiger partial charge in [-0.15, -0.1) is 24.0 Å². The maximum Gasteiger partial charge on any atom is 0.248 e. The van der Waals surface area contributed by atoms with Crippen LogP contribution >= 0.6 is 24.0 Å². The van der Waals surface area contributed by atoms with Crippen molar-refractivity contribution in [2.45, 2.75) is 56.0 Å². The highest BCUT2D eigenvalue weighted by Crippen LogP contribution is 2.33. The lowest BCUT2D eigenvalue weighted by Gasteiger charge is -2.32. The second kappa shape index (κ2) is 8.02. The summed E-state index contributed by atoms with van der Waals surface area (Å²) in [5.41, 5.74) is 1.98. The van der Waals surface area contributed by atoms with Gasteiger partial charge in [0.25, 0.3) is 0 Å². The molecule has 1 aromatic carbocycles. The lowest BCUT2D eigenvalue weighted by Crippen LogP contribution is -2.45. The molecule has 2 heterocycles. The average molecular weight is 401 g/mol. The largest absolute Gasteiger partial charge is 0.340 e. The van der Waals surface area contributed by atoms with E-state index in [1.807, 2.05) is 28.5 Å². The number of carbonyl (C=O) groups excluding carboxylic acids is 1. The fourth-order valence-electron chi connectivity index (χ4n) is 4.19. The number of thiazole rings is 1. The third-order valence-corrected chi connectivity index (χ3v) is 6.57. The molecule has 1 aromatic heterocycles. The Morgan fingerprint density at radius 1 is 1.37 bits per heavy atom. The number of rotatable bonds is 5. The van der Waals surface area contributed by atoms with E-state index in [0.717, 1.165) is 22.4 Å². The Morgan fingerprint density at radius 3 is 2.93 bits per heavy atom. The van der Waals surface area contributed by atoms with Gasteiger partial charge in [-0.1, -0.05) is 38.2 Å². The van der Waals surface area contributed by atoms with Gasteiger partial charge in [-0.25, -0.2) is 4.98 Å². The molecule has 27 heavy (non-hydrogen) atoms. The molecule has 142 valence electrons. The molecule has 1 atom stereocenters. The minimum atomic E-state index is -0.347. The van der Waals surface area contributed by atoms with Crippen LogP contribution in [0.3, 0.4) is 0 Å². The molecule has 0 saturated heterocycles. The lowest BCUT2D eigenvalue weighted by atomic mass is 9.84. The van der Waals surface area contributed by atoms with Crippen molar-refractivity contribution in [2.24, 2.45) is 5.92 Å². The number of anilines is 1. The number of aromatic nitrogens is 1. The van der Waals surface area contributed by atoms with E-state index in [-0.39, 0.29) is 11.9 Å². The molecule has 7 heteroatoms. The zero-order valence-electron chi connectivity index (χ0n) is 15.1. The Bertz CT molecular complexity index is 831. The van der Waals surface area contributed by atoms with Crippen molar-refractivity contribution in [3.05, 3.63) is 40.9 Å². The quantitative estimate of drug-likeness (QED) is 0.645. The number of hydrogen-bond acceptors (Lipinski definition) is 5. The van der Waals surface area contributed by atoms with Crippen molar-refractivity contribution in [1.29, 1.82) is 5.41 Å². The van der Waals surface area contributed by atoms with E-state index in [9.17, 15) is 4.79 Å². The summed E-state index contributed by atoms with van der Waals surface area (Å²) in [5, 5.41) is 14.1. The molecule has 2 aliphatic rings. The molecular formula is C20H24N4OS2. The van der Waals surface area contributed by atoms with Crippen LogP contribution in [0.15, 0.2) is 34.7 Å². The normalized spacial score (nSPS) is 18.4. The van der Waals surface area contributed by atoms with Gasteiger partial charge in [-0.2, -0.15) is 0 Å². The average Bonchev–Trinajstić information content (AvgIpc) is 3.29. The zero-order chi connectivity index (χ0) is 18.8. The van der Waals surface area contributed by atoms with E-state index in [0.29, 0.717) is 23.4 Å². The maximum absolute atomic E-state index is 13.1. The second-order valence-corrected chi connectivity index (χ2v) is 8.81. The molecule has 1 fully saturated rings. The first kappa shape index (κ1) is 18.5. The number of thiol groups is 1. The highest BCUT2D eigenvalue weighted by Gasteiger charge is 2.36. The van der Waals surface area contributed by atoms with E-state index >= 15 is 0 Å². The Kier molecular flexibility index (Phi) is 5.50. The van der Waals surface area contributed by atoms with Gasteiger partial charge in [0.2, 0.25) is 5.91 Å². The number of hydrogen-bond donors (Lipinski definition) is 3. The lowest BCUT2D eigenvalue weighted by molar-refractivity contribution is -0.120. The molecule has 1 aliphatic carbocycles. The first-order valence-electron chi connectivity index (χ1n) is 9.49. The summed E-state index contributed by atoms with van der Waals surface area (Å²) in [6.07, 6.45) is 8.62. The van der Waals surface area contributed by atoms with Crippen molar-refractivity contribution in [1.82, 2.24) is 9.88 Å². The second-order valence-electron chi connectivity index (χ2n) is 7.40. The molecule has 2 aromatic rings. The highest BCUT2D eigenvalue weighted by molar-refractivity contribution is 7.80. The molecule has 5 nitrogen and oxygen atoms in total. The Labute approximate surface area is 169 Å². The molecule has 0 spiro atoms. The number of fused-ring (bicyclic) bond motifs is 1. The van der Waals surface area contributed by atoms with E-state index in [1.165, 1.54) is 43.4 Å². The zero-order valence-corrected chi connectivity index (χ0v) is 16.9. The van der Waals surface area contributed by atoms with Gasteiger partial charge in [0.15, 0.2) is 5.13 Å². The number of benzene rings is 1. The smallest absolute Gasteiger partial charge is 0.248 e. The van der Waals surface area contributed by atoms with Crippen LogP contribution < -0.4 is 5.32 Å². The van der Waals surface area contributed by atoms with Crippen LogP contribution in [0.5, 0.6) is 0 Å². The summed E-state index contributed by atoms with van der Waals surface area (Å²) in [6.45, 7) is 0.602. The van der Waals surface area contributed by atoms with E-state index in [4.69, 9.17) is 5.41 Å². The molecule has 0 bridgehead atoms. The fourth-order valence-corrected chi connectivity index (χ4v) is 4.93. The van der Waals surface area contributed by atoms with Crippen molar-refractivity contribution >= 4 is 40.8 Å². The summed E-state index contributed by atoms with van der Waals surface area (Å²) in [7, 11) is 0. The van der Waals surface area contributed by atoms with E-state index in [1.54, 1.807) is 6.20 Å². The summed E-state index contributed by atoms with van der Waals surface area (Å²) in [5.74, 6) is 0.915. The van der Waals surface area contributed by atoms with Gasteiger partial charge in [-0.05, 0) is 30.0 Å². The summed E-state index contributed by atoms with van der Waals surface area (Å²) < 4.78 is 0. The van der Waals surface area contributed by atoms with Crippen LogP contribution in [0.1, 0.15) is 49.7 Å². The number of nitrogens with one attached hydrogen (secondary N) is 2.